The molecule has 1 saturated heterocycles. The molecule has 1 aliphatic rings. The molecule has 2 aromatic rings. The maximum absolute atomic E-state index is 12.9. The molecule has 1 aliphatic heterocycles. The molecule has 3 rings (SSSR count). The number of sulfonamides is 1. The Kier molecular flexibility index (Phi) is 7.58. The molecule has 2 aromatic carbocycles. The third kappa shape index (κ3) is 6.35. The van der Waals surface area contributed by atoms with Gasteiger partial charge in [0.15, 0.2) is 0 Å². The second-order valence-corrected chi connectivity index (χ2v) is 9.61. The third-order valence-electron chi connectivity index (χ3n) is 5.26. The Morgan fingerprint density at radius 2 is 1.57 bits per heavy atom. The van der Waals surface area contributed by atoms with Crippen molar-refractivity contribution in [2.75, 3.05) is 39.8 Å². The van der Waals surface area contributed by atoms with Gasteiger partial charge in [-0.25, -0.2) is 12.8 Å². The molecule has 1 amide bonds. The van der Waals surface area contributed by atoms with Gasteiger partial charge < -0.3 is 10.2 Å². The van der Waals surface area contributed by atoms with Crippen LogP contribution >= 0.6 is 0 Å². The number of carbonyl (C=O) groups is 1. The molecule has 1 fully saturated rings. The largest absolute Gasteiger partial charge is 0.352 e. The van der Waals surface area contributed by atoms with E-state index in [1.54, 1.807) is 36.4 Å². The average molecular weight is 434 g/mol. The number of hydrogen-bond acceptors (Lipinski definition) is 4. The molecule has 0 radical (unpaired) electrons. The lowest BCUT2D eigenvalue weighted by Gasteiger charge is -2.31. The van der Waals surface area contributed by atoms with E-state index in [1.807, 2.05) is 7.05 Å². The van der Waals surface area contributed by atoms with Crippen molar-refractivity contribution < 1.29 is 17.6 Å². The van der Waals surface area contributed by atoms with Crippen LogP contribution < -0.4 is 5.32 Å². The Bertz CT molecular complexity index is 939. The van der Waals surface area contributed by atoms with E-state index in [9.17, 15) is 17.6 Å². The predicted octanol–water partition coefficient (Wildman–Crippen LogP) is 2.27. The highest BCUT2D eigenvalue weighted by molar-refractivity contribution is 7.88. The Hall–Kier alpha value is -2.29. The zero-order valence-corrected chi connectivity index (χ0v) is 18.0. The molecule has 6 nitrogen and oxygen atoms in total. The van der Waals surface area contributed by atoms with Crippen molar-refractivity contribution in [3.05, 3.63) is 71.0 Å². The SMILES string of the molecule is CN1CCN(S(=O)(=O)Cc2ccc(C(=O)NCCCc3ccc(F)cc3)cc2)CC1. The molecule has 1 heterocycles. The molecule has 0 spiro atoms. The van der Waals surface area contributed by atoms with Gasteiger partial charge in [-0.2, -0.15) is 4.31 Å². The van der Waals surface area contributed by atoms with Crippen LogP contribution in [-0.2, 0) is 22.2 Å². The Labute approximate surface area is 177 Å². The van der Waals surface area contributed by atoms with E-state index in [1.165, 1.54) is 16.4 Å². The lowest BCUT2D eigenvalue weighted by Crippen LogP contribution is -2.47. The minimum absolute atomic E-state index is 0.0592. The van der Waals surface area contributed by atoms with Crippen LogP contribution in [0.25, 0.3) is 0 Å². The zero-order chi connectivity index (χ0) is 21.6. The van der Waals surface area contributed by atoms with Gasteiger partial charge in [0.2, 0.25) is 10.0 Å². The fourth-order valence-corrected chi connectivity index (χ4v) is 4.88. The van der Waals surface area contributed by atoms with Crippen LogP contribution in [0.4, 0.5) is 4.39 Å². The van der Waals surface area contributed by atoms with Crippen LogP contribution in [-0.4, -0.2) is 63.3 Å². The minimum atomic E-state index is -3.36. The molecule has 0 saturated carbocycles. The van der Waals surface area contributed by atoms with Crippen LogP contribution in [0.2, 0.25) is 0 Å². The van der Waals surface area contributed by atoms with Crippen LogP contribution in [0, 0.1) is 5.82 Å². The number of likely N-dealkylation sites (N-methyl/N-ethyl adjacent to an activating group) is 1. The smallest absolute Gasteiger partial charge is 0.251 e. The number of hydrogen-bond donors (Lipinski definition) is 1. The molecular formula is C22H28FN3O3S. The molecule has 0 unspecified atom stereocenters. The van der Waals surface area contributed by atoms with Crippen molar-refractivity contribution in [1.82, 2.24) is 14.5 Å². The number of nitrogens with one attached hydrogen (secondary N) is 1. The number of amides is 1. The molecule has 0 atom stereocenters. The van der Waals surface area contributed by atoms with Gasteiger partial charge in [-0.15, -0.1) is 0 Å². The summed E-state index contributed by atoms with van der Waals surface area (Å²) in [4.78, 5) is 14.4. The van der Waals surface area contributed by atoms with Gasteiger partial charge >= 0.3 is 0 Å². The summed E-state index contributed by atoms with van der Waals surface area (Å²) in [6.07, 6.45) is 1.50. The number of nitrogens with zero attached hydrogens (tertiary/aromatic N) is 2. The first kappa shape index (κ1) is 22.4. The van der Waals surface area contributed by atoms with Crippen molar-refractivity contribution in [1.29, 1.82) is 0 Å². The van der Waals surface area contributed by atoms with Gasteiger partial charge in [-0.05, 0) is 55.3 Å². The van der Waals surface area contributed by atoms with E-state index in [2.05, 4.69) is 10.2 Å². The van der Waals surface area contributed by atoms with Crippen LogP contribution in [0.3, 0.4) is 0 Å². The Balaban J connectivity index is 1.46. The fraction of sp³-hybridized carbons (Fsp3) is 0.409. The van der Waals surface area contributed by atoms with Gasteiger partial charge in [0.05, 0.1) is 5.75 Å². The lowest BCUT2D eigenvalue weighted by atomic mass is 10.1. The summed E-state index contributed by atoms with van der Waals surface area (Å²) in [6.45, 7) is 3.00. The first-order valence-electron chi connectivity index (χ1n) is 10.1. The standard InChI is InChI=1S/C22H28FN3O3S/c1-25-13-15-26(16-14-25)30(28,29)17-19-4-8-20(9-5-19)22(27)24-12-2-3-18-6-10-21(23)11-7-18/h4-11H,2-3,12-17H2,1H3,(H,24,27). The van der Waals surface area contributed by atoms with Crippen molar-refractivity contribution in [2.24, 2.45) is 0 Å². The molecule has 1 N–H and O–H groups in total. The van der Waals surface area contributed by atoms with E-state index in [0.717, 1.165) is 31.5 Å². The summed E-state index contributed by atoms with van der Waals surface area (Å²) in [5.74, 6) is -0.509. The van der Waals surface area contributed by atoms with Gasteiger partial charge in [-0.3, -0.25) is 4.79 Å². The zero-order valence-electron chi connectivity index (χ0n) is 17.2. The van der Waals surface area contributed by atoms with E-state index in [4.69, 9.17) is 0 Å². The van der Waals surface area contributed by atoms with Gasteiger partial charge in [0, 0.05) is 38.3 Å². The normalized spacial score (nSPS) is 15.8. The van der Waals surface area contributed by atoms with E-state index in [-0.39, 0.29) is 17.5 Å². The number of piperazine rings is 1. The first-order chi connectivity index (χ1) is 14.3. The lowest BCUT2D eigenvalue weighted by molar-refractivity contribution is 0.0953. The van der Waals surface area contributed by atoms with Crippen molar-refractivity contribution in [2.45, 2.75) is 18.6 Å². The number of aryl methyl sites for hydroxylation is 1. The molecule has 162 valence electrons. The van der Waals surface area contributed by atoms with E-state index >= 15 is 0 Å². The quantitative estimate of drug-likeness (QED) is 0.649. The van der Waals surface area contributed by atoms with Crippen LogP contribution in [0.5, 0.6) is 0 Å². The summed E-state index contributed by atoms with van der Waals surface area (Å²) in [5.41, 5.74) is 2.19. The highest BCUT2D eigenvalue weighted by atomic mass is 32.2. The number of halogens is 1. The van der Waals surface area contributed by atoms with Crippen molar-refractivity contribution in [3.63, 3.8) is 0 Å². The molecule has 30 heavy (non-hydrogen) atoms. The third-order valence-corrected chi connectivity index (χ3v) is 7.11. The molecular weight excluding hydrogens is 405 g/mol. The second-order valence-electron chi connectivity index (χ2n) is 7.64. The van der Waals surface area contributed by atoms with E-state index < -0.39 is 10.0 Å². The second kappa shape index (κ2) is 10.1. The molecule has 0 bridgehead atoms. The highest BCUT2D eigenvalue weighted by Gasteiger charge is 2.25. The summed E-state index contributed by atoms with van der Waals surface area (Å²) in [6, 6.07) is 13.0. The maximum Gasteiger partial charge on any atom is 0.251 e. The van der Waals surface area contributed by atoms with E-state index in [0.29, 0.717) is 30.8 Å². The summed E-state index contributed by atoms with van der Waals surface area (Å²) in [5, 5.41) is 2.86. The minimum Gasteiger partial charge on any atom is -0.352 e. The van der Waals surface area contributed by atoms with Gasteiger partial charge in [-0.1, -0.05) is 24.3 Å². The number of rotatable bonds is 8. The fourth-order valence-electron chi connectivity index (χ4n) is 3.37. The van der Waals surface area contributed by atoms with Crippen LogP contribution in [0.1, 0.15) is 27.9 Å². The monoisotopic (exact) mass is 433 g/mol. The molecule has 8 heteroatoms. The Morgan fingerprint density at radius 3 is 2.20 bits per heavy atom. The summed E-state index contributed by atoms with van der Waals surface area (Å²) < 4.78 is 39.6. The predicted molar refractivity (Wildman–Crippen MR) is 115 cm³/mol. The maximum atomic E-state index is 12.9. The van der Waals surface area contributed by atoms with Gasteiger partial charge in [0.1, 0.15) is 5.82 Å². The van der Waals surface area contributed by atoms with Crippen molar-refractivity contribution in [3.8, 4) is 0 Å². The summed E-state index contributed by atoms with van der Waals surface area (Å²) in [7, 11) is -1.37. The average Bonchev–Trinajstić information content (AvgIpc) is 2.73. The Morgan fingerprint density at radius 1 is 0.967 bits per heavy atom. The number of benzene rings is 2. The topological polar surface area (TPSA) is 69.7 Å². The number of carbonyl (C=O) groups excluding carboxylic acids is 1. The first-order valence-corrected chi connectivity index (χ1v) is 11.7. The summed E-state index contributed by atoms with van der Waals surface area (Å²) >= 11 is 0. The van der Waals surface area contributed by atoms with Crippen LogP contribution in [0.15, 0.2) is 48.5 Å². The molecule has 0 aliphatic carbocycles. The highest BCUT2D eigenvalue weighted by Crippen LogP contribution is 2.14. The van der Waals surface area contributed by atoms with Gasteiger partial charge in [0.25, 0.3) is 5.91 Å². The van der Waals surface area contributed by atoms with Crippen molar-refractivity contribution >= 4 is 15.9 Å². The molecule has 0 aromatic heterocycles.